The number of hydrogen-bond acceptors (Lipinski definition) is 10. The lowest BCUT2D eigenvalue weighted by Gasteiger charge is -2.32. The van der Waals surface area contributed by atoms with Gasteiger partial charge in [-0.15, -0.1) is 22.7 Å². The minimum Gasteiger partial charge on any atom is -0.289 e. The summed E-state index contributed by atoms with van der Waals surface area (Å²) in [5, 5.41) is 40.2. The third-order valence-electron chi connectivity index (χ3n) is 9.50. The number of aromatic nitrogens is 2. The minimum atomic E-state index is -0.416. The predicted molar refractivity (Wildman–Crippen MR) is 181 cm³/mol. The molecule has 0 unspecified atom stereocenters. The van der Waals surface area contributed by atoms with Gasteiger partial charge in [0.05, 0.1) is 26.6 Å². The molecule has 1 saturated carbocycles. The lowest BCUT2D eigenvalue weighted by atomic mass is 9.72. The Hall–Kier alpha value is -6.04. The summed E-state index contributed by atoms with van der Waals surface area (Å²) in [4.78, 5) is 39.3. The zero-order valence-electron chi connectivity index (χ0n) is 25.1. The van der Waals surface area contributed by atoms with Crippen LogP contribution in [0.15, 0.2) is 70.8 Å². The Morgan fingerprint density at radius 3 is 1.42 bits per heavy atom. The van der Waals surface area contributed by atoms with Crippen LogP contribution in [0.2, 0.25) is 0 Å². The molecular formula is C38H20N6O2S2. The van der Waals surface area contributed by atoms with Gasteiger partial charge in [0.2, 0.25) is 0 Å². The molecular weight excluding hydrogens is 637 g/mol. The Morgan fingerprint density at radius 2 is 1.02 bits per heavy atom. The van der Waals surface area contributed by atoms with Crippen molar-refractivity contribution in [2.75, 3.05) is 0 Å². The van der Waals surface area contributed by atoms with Crippen LogP contribution >= 0.6 is 22.7 Å². The number of ketones is 2. The third kappa shape index (κ3) is 4.08. The Labute approximate surface area is 283 Å². The molecule has 0 aliphatic heterocycles. The average Bonchev–Trinajstić information content (AvgIpc) is 3.90. The van der Waals surface area contributed by atoms with Gasteiger partial charge >= 0.3 is 0 Å². The maximum atomic E-state index is 13.6. The molecule has 2 aromatic heterocycles. The average molecular weight is 657 g/mol. The van der Waals surface area contributed by atoms with Crippen LogP contribution in [-0.4, -0.2) is 21.5 Å². The molecule has 4 aliphatic rings. The van der Waals surface area contributed by atoms with Crippen molar-refractivity contribution in [3.05, 3.63) is 114 Å². The highest BCUT2D eigenvalue weighted by molar-refractivity contribution is 7.23. The Balaban J connectivity index is 1.28. The first-order chi connectivity index (χ1) is 23.4. The summed E-state index contributed by atoms with van der Waals surface area (Å²) in [7, 11) is 0. The fourth-order valence-corrected chi connectivity index (χ4v) is 9.78. The standard InChI is InChI=1S/C38H20N6O2S2/c39-16-20(17-40)30-22-8-2-4-10-24(22)32(45)26(30)14-28-43-36-34(47-28)35-37(38(36)12-6-1-7-13-38)44-29(48-35)15-27-31(21(18-41)19-42)23-9-3-5-11-25(23)33(27)46/h2-5,8-11,14-15H,1,6-7,12-13H2/b26-14-,27-15-. The molecule has 226 valence electrons. The van der Waals surface area contributed by atoms with Gasteiger partial charge in [0.15, 0.2) is 11.6 Å². The van der Waals surface area contributed by atoms with Gasteiger partial charge in [0.1, 0.15) is 45.4 Å². The van der Waals surface area contributed by atoms with E-state index in [-0.39, 0.29) is 33.9 Å². The second-order valence-corrected chi connectivity index (χ2v) is 14.0. The fraction of sp³-hybridized carbons (Fsp3) is 0.158. The maximum absolute atomic E-state index is 13.6. The molecule has 2 heterocycles. The molecule has 0 saturated heterocycles. The molecule has 2 aromatic carbocycles. The van der Waals surface area contributed by atoms with Crippen molar-refractivity contribution >= 4 is 57.5 Å². The molecule has 4 aromatic rings. The van der Waals surface area contributed by atoms with E-state index in [9.17, 15) is 30.6 Å². The van der Waals surface area contributed by atoms with E-state index in [1.54, 1.807) is 60.7 Å². The number of fused-ring (bicyclic) bond motifs is 7. The molecule has 1 fully saturated rings. The Kier molecular flexibility index (Phi) is 6.76. The zero-order chi connectivity index (χ0) is 33.2. The first-order valence-corrected chi connectivity index (χ1v) is 16.9. The number of thiazole rings is 2. The van der Waals surface area contributed by atoms with Gasteiger partial charge in [-0.1, -0.05) is 67.8 Å². The zero-order valence-corrected chi connectivity index (χ0v) is 26.8. The largest absolute Gasteiger partial charge is 0.289 e. The highest BCUT2D eigenvalue weighted by Gasteiger charge is 2.49. The fourth-order valence-electron chi connectivity index (χ4n) is 7.43. The second kappa shape index (κ2) is 11.0. The van der Waals surface area contributed by atoms with Crippen LogP contribution in [0, 0.1) is 45.3 Å². The number of nitrogens with zero attached hydrogens (tertiary/aromatic N) is 6. The highest BCUT2D eigenvalue weighted by atomic mass is 32.1. The van der Waals surface area contributed by atoms with E-state index in [1.807, 2.05) is 24.3 Å². The summed E-state index contributed by atoms with van der Waals surface area (Å²) in [6, 6.07) is 21.8. The number of carbonyl (C=O) groups is 2. The lowest BCUT2D eigenvalue weighted by molar-refractivity contribution is 0.103. The van der Waals surface area contributed by atoms with Crippen molar-refractivity contribution in [3.8, 4) is 34.0 Å². The molecule has 8 rings (SSSR count). The Bertz CT molecular complexity index is 2270. The van der Waals surface area contributed by atoms with Crippen molar-refractivity contribution in [1.29, 1.82) is 21.0 Å². The molecule has 10 heteroatoms. The lowest BCUT2D eigenvalue weighted by Crippen LogP contribution is -2.29. The van der Waals surface area contributed by atoms with Gasteiger partial charge < -0.3 is 0 Å². The molecule has 0 bridgehead atoms. The normalized spacial score (nSPS) is 18.2. The topological polar surface area (TPSA) is 155 Å². The summed E-state index contributed by atoms with van der Waals surface area (Å²) < 4.78 is 0. The second-order valence-electron chi connectivity index (χ2n) is 11.9. The predicted octanol–water partition coefficient (Wildman–Crippen LogP) is 7.99. The number of allylic oxidation sites excluding steroid dienone is 6. The van der Waals surface area contributed by atoms with E-state index in [1.165, 1.54) is 22.7 Å². The molecule has 0 radical (unpaired) electrons. The van der Waals surface area contributed by atoms with Gasteiger partial charge in [-0.05, 0) is 36.1 Å². The molecule has 48 heavy (non-hydrogen) atoms. The van der Waals surface area contributed by atoms with Crippen LogP contribution in [0.1, 0.15) is 85.4 Å². The Morgan fingerprint density at radius 1 is 0.625 bits per heavy atom. The van der Waals surface area contributed by atoms with Gasteiger partial charge in [0.25, 0.3) is 0 Å². The monoisotopic (exact) mass is 656 g/mol. The summed E-state index contributed by atoms with van der Waals surface area (Å²) in [5.41, 5.74) is 4.45. The molecule has 4 aliphatic carbocycles. The van der Waals surface area contributed by atoms with Crippen molar-refractivity contribution in [1.82, 2.24) is 9.97 Å². The highest BCUT2D eigenvalue weighted by Crippen LogP contribution is 2.59. The number of hydrogen-bond donors (Lipinski definition) is 0. The summed E-state index contributed by atoms with van der Waals surface area (Å²) in [6.45, 7) is 0. The molecule has 0 atom stereocenters. The van der Waals surface area contributed by atoms with E-state index >= 15 is 0 Å². The van der Waals surface area contributed by atoms with Gasteiger partial charge in [-0.2, -0.15) is 21.0 Å². The van der Waals surface area contributed by atoms with E-state index in [4.69, 9.17) is 9.97 Å². The van der Waals surface area contributed by atoms with Crippen LogP contribution in [0.25, 0.3) is 33.1 Å². The van der Waals surface area contributed by atoms with E-state index in [2.05, 4.69) is 0 Å². The van der Waals surface area contributed by atoms with Crippen LogP contribution in [0.5, 0.6) is 0 Å². The SMILES string of the molecule is N#CC(C#N)=C1/C(=C/c2nc3c(s2)-c2sc(/C=C4\C(=O)c5ccccc5C4=C(C#N)C#N)nc2C32CCCCC2)C(=O)c2ccccc21. The van der Waals surface area contributed by atoms with Crippen LogP contribution in [0.4, 0.5) is 0 Å². The van der Waals surface area contributed by atoms with E-state index in [0.29, 0.717) is 43.4 Å². The summed E-state index contributed by atoms with van der Waals surface area (Å²) >= 11 is 2.89. The first kappa shape index (κ1) is 29.4. The van der Waals surface area contributed by atoms with Crippen molar-refractivity contribution in [2.24, 2.45) is 0 Å². The number of rotatable bonds is 2. The first-order valence-electron chi connectivity index (χ1n) is 15.3. The van der Waals surface area contributed by atoms with Crippen molar-refractivity contribution in [2.45, 2.75) is 37.5 Å². The quantitative estimate of drug-likeness (QED) is 0.155. The van der Waals surface area contributed by atoms with E-state index < -0.39 is 5.41 Å². The number of nitriles is 4. The van der Waals surface area contributed by atoms with Crippen LogP contribution < -0.4 is 0 Å². The summed E-state index contributed by atoms with van der Waals surface area (Å²) in [5.74, 6) is -0.502. The number of carbonyl (C=O) groups excluding carboxylic acids is 2. The summed E-state index contributed by atoms with van der Waals surface area (Å²) in [6.07, 6.45) is 8.23. The number of Topliss-reactive ketones (excluding diaryl/α,β-unsaturated/α-hetero) is 2. The van der Waals surface area contributed by atoms with Crippen LogP contribution in [0.3, 0.4) is 0 Å². The van der Waals surface area contributed by atoms with Gasteiger partial charge in [-0.3, -0.25) is 9.59 Å². The molecule has 1 spiro atoms. The van der Waals surface area contributed by atoms with Crippen molar-refractivity contribution in [3.63, 3.8) is 0 Å². The molecule has 0 amide bonds. The van der Waals surface area contributed by atoms with Gasteiger partial charge in [0, 0.05) is 33.4 Å². The van der Waals surface area contributed by atoms with Crippen LogP contribution in [-0.2, 0) is 5.41 Å². The number of benzene rings is 2. The van der Waals surface area contributed by atoms with Crippen molar-refractivity contribution < 1.29 is 9.59 Å². The maximum Gasteiger partial charge on any atom is 0.194 e. The van der Waals surface area contributed by atoms with E-state index in [0.717, 1.165) is 53.2 Å². The smallest absolute Gasteiger partial charge is 0.194 e. The molecule has 8 nitrogen and oxygen atoms in total. The van der Waals surface area contributed by atoms with Gasteiger partial charge in [-0.25, -0.2) is 9.97 Å². The molecule has 0 N–H and O–H groups in total. The minimum absolute atomic E-state index is 0.122. The third-order valence-corrected chi connectivity index (χ3v) is 11.7.